The average molecular weight is 537 g/mol. The van der Waals surface area contributed by atoms with Gasteiger partial charge in [-0.3, -0.25) is 9.78 Å². The first-order valence-corrected chi connectivity index (χ1v) is 13.6. The third kappa shape index (κ3) is 7.19. The zero-order valence-corrected chi connectivity index (χ0v) is 23.3. The molecule has 0 radical (unpaired) electrons. The summed E-state index contributed by atoms with van der Waals surface area (Å²) in [6, 6.07) is 18.3. The van der Waals surface area contributed by atoms with E-state index < -0.39 is 0 Å². The number of carbonyl (C=O) groups is 1. The lowest BCUT2D eigenvalue weighted by molar-refractivity contribution is -0.111. The summed E-state index contributed by atoms with van der Waals surface area (Å²) in [5.41, 5.74) is 5.06. The molecule has 1 amide bonds. The molecule has 0 saturated carbocycles. The molecule has 4 aromatic rings. The molecule has 1 aliphatic rings. The molecule has 0 atom stereocenters. The second kappa shape index (κ2) is 12.7. The minimum atomic E-state index is -0.182. The third-order valence-electron chi connectivity index (χ3n) is 6.88. The lowest BCUT2D eigenvalue weighted by Gasteiger charge is -2.30. The number of hydrogen-bond acceptors (Lipinski definition) is 8. The molecule has 0 spiro atoms. The van der Waals surface area contributed by atoms with Crippen molar-refractivity contribution in [2.75, 3.05) is 56.7 Å². The first-order chi connectivity index (χ1) is 19.4. The molecule has 9 nitrogen and oxygen atoms in total. The number of para-hydroxylation sites is 1. The van der Waals surface area contributed by atoms with Crippen LogP contribution in [0.4, 0.5) is 23.0 Å². The van der Waals surface area contributed by atoms with Gasteiger partial charge in [-0.15, -0.1) is 0 Å². The number of aromatic nitrogens is 3. The van der Waals surface area contributed by atoms with E-state index in [-0.39, 0.29) is 5.91 Å². The zero-order valence-electron chi connectivity index (χ0n) is 23.3. The van der Waals surface area contributed by atoms with E-state index >= 15 is 0 Å². The van der Waals surface area contributed by atoms with E-state index in [0.29, 0.717) is 24.2 Å². The summed E-state index contributed by atoms with van der Waals surface area (Å²) < 4.78 is 0. The van der Waals surface area contributed by atoms with Crippen molar-refractivity contribution >= 4 is 39.8 Å². The molecular weight excluding hydrogens is 500 g/mol. The van der Waals surface area contributed by atoms with Gasteiger partial charge >= 0.3 is 0 Å². The molecule has 2 aromatic carbocycles. The number of amides is 1. The van der Waals surface area contributed by atoms with Crippen LogP contribution in [0.2, 0.25) is 0 Å². The molecule has 9 heteroatoms. The van der Waals surface area contributed by atoms with E-state index in [2.05, 4.69) is 50.0 Å². The van der Waals surface area contributed by atoms with Crippen LogP contribution in [0.25, 0.3) is 22.2 Å². The van der Waals surface area contributed by atoms with Crippen molar-refractivity contribution in [1.29, 1.82) is 0 Å². The van der Waals surface area contributed by atoms with Gasteiger partial charge in [0.15, 0.2) is 0 Å². The molecule has 0 bridgehead atoms. The Morgan fingerprint density at radius 1 is 1.02 bits per heavy atom. The standard InChI is InChI=1S/C31H36N8O/c1-38(2)17-5-8-29(40)35-26-13-16-32-28(20-26)27-7-4-6-22-21-33-31(37-30(22)27)36-24-11-9-23(10-12-24)34-25-14-18-39(3)19-15-25/h4-13,16,20-21,25,34H,14-15,17-19H2,1-3H3,(H,32,35,40)(H,33,36,37). The number of benzene rings is 2. The van der Waals surface area contributed by atoms with E-state index in [9.17, 15) is 4.79 Å². The number of hydrogen-bond donors (Lipinski definition) is 3. The SMILES string of the molecule is CN(C)CC=CC(=O)Nc1ccnc(-c2cccc3cnc(Nc4ccc(NC5CCN(C)CC5)cc4)nc23)c1. The van der Waals surface area contributed by atoms with Crippen LogP contribution in [0.5, 0.6) is 0 Å². The minimum absolute atomic E-state index is 0.182. The van der Waals surface area contributed by atoms with E-state index in [0.717, 1.165) is 59.5 Å². The molecule has 3 N–H and O–H groups in total. The van der Waals surface area contributed by atoms with E-state index in [1.165, 1.54) is 0 Å². The third-order valence-corrected chi connectivity index (χ3v) is 6.88. The van der Waals surface area contributed by atoms with Gasteiger partial charge in [0.25, 0.3) is 0 Å². The number of likely N-dealkylation sites (N-methyl/N-ethyl adjacent to an activating group) is 1. The maximum absolute atomic E-state index is 12.3. The predicted molar refractivity (Wildman–Crippen MR) is 163 cm³/mol. The van der Waals surface area contributed by atoms with E-state index in [1.807, 2.05) is 67.7 Å². The molecule has 40 heavy (non-hydrogen) atoms. The van der Waals surface area contributed by atoms with Gasteiger partial charge in [0.1, 0.15) is 0 Å². The van der Waals surface area contributed by atoms with E-state index in [4.69, 9.17) is 4.98 Å². The summed E-state index contributed by atoms with van der Waals surface area (Å²) >= 11 is 0. The molecule has 5 rings (SSSR count). The van der Waals surface area contributed by atoms with Gasteiger partial charge < -0.3 is 25.8 Å². The van der Waals surface area contributed by atoms with Crippen LogP contribution in [-0.4, -0.2) is 77.5 Å². The summed E-state index contributed by atoms with van der Waals surface area (Å²) in [7, 11) is 6.09. The van der Waals surface area contributed by atoms with Crippen LogP contribution in [0.3, 0.4) is 0 Å². The summed E-state index contributed by atoms with van der Waals surface area (Å²) in [6.07, 6.45) is 9.18. The Morgan fingerprint density at radius 2 is 1.80 bits per heavy atom. The Morgan fingerprint density at radius 3 is 2.58 bits per heavy atom. The minimum Gasteiger partial charge on any atom is -0.382 e. The second-order valence-corrected chi connectivity index (χ2v) is 10.4. The topological polar surface area (TPSA) is 98.3 Å². The highest BCUT2D eigenvalue weighted by Gasteiger charge is 2.16. The average Bonchev–Trinajstić information content (AvgIpc) is 2.95. The fourth-order valence-corrected chi connectivity index (χ4v) is 4.70. The molecule has 3 heterocycles. The number of piperidine rings is 1. The van der Waals surface area contributed by atoms with Gasteiger partial charge in [0.2, 0.25) is 11.9 Å². The summed E-state index contributed by atoms with van der Waals surface area (Å²) in [4.78, 5) is 30.6. The van der Waals surface area contributed by atoms with Crippen LogP contribution in [0.15, 0.2) is 79.1 Å². The van der Waals surface area contributed by atoms with Crippen LogP contribution in [0.1, 0.15) is 12.8 Å². The Bertz CT molecular complexity index is 1480. The molecule has 206 valence electrons. The van der Waals surface area contributed by atoms with Gasteiger partial charge in [0, 0.05) is 59.1 Å². The lowest BCUT2D eigenvalue weighted by Crippen LogP contribution is -2.36. The highest BCUT2D eigenvalue weighted by molar-refractivity contribution is 6.00. The van der Waals surface area contributed by atoms with Crippen LogP contribution >= 0.6 is 0 Å². The molecule has 1 saturated heterocycles. The number of fused-ring (bicyclic) bond motifs is 1. The van der Waals surface area contributed by atoms with Gasteiger partial charge in [0.05, 0.1) is 11.2 Å². The number of nitrogens with zero attached hydrogens (tertiary/aromatic N) is 5. The molecular formula is C31H36N8O. The highest BCUT2D eigenvalue weighted by Crippen LogP contribution is 2.28. The second-order valence-electron chi connectivity index (χ2n) is 10.4. The first kappa shape index (κ1) is 27.2. The Labute approximate surface area is 235 Å². The number of likely N-dealkylation sites (tertiary alicyclic amines) is 1. The zero-order chi connectivity index (χ0) is 27.9. The summed E-state index contributed by atoms with van der Waals surface area (Å²) in [5, 5.41) is 10.8. The van der Waals surface area contributed by atoms with Crippen molar-refractivity contribution in [3.05, 3.63) is 79.1 Å². The fraction of sp³-hybridized carbons (Fsp3) is 0.290. The normalized spacial score (nSPS) is 14.6. The largest absolute Gasteiger partial charge is 0.382 e. The van der Waals surface area contributed by atoms with Gasteiger partial charge in [-0.1, -0.05) is 24.3 Å². The summed E-state index contributed by atoms with van der Waals surface area (Å²) in [6.45, 7) is 2.95. The maximum Gasteiger partial charge on any atom is 0.248 e. The van der Waals surface area contributed by atoms with Crippen molar-refractivity contribution in [3.63, 3.8) is 0 Å². The van der Waals surface area contributed by atoms with E-state index in [1.54, 1.807) is 18.3 Å². The van der Waals surface area contributed by atoms with Crippen molar-refractivity contribution in [2.45, 2.75) is 18.9 Å². The Kier molecular flexibility index (Phi) is 8.63. The van der Waals surface area contributed by atoms with Crippen LogP contribution < -0.4 is 16.0 Å². The highest BCUT2D eigenvalue weighted by atomic mass is 16.1. The lowest BCUT2D eigenvalue weighted by atomic mass is 10.1. The molecule has 1 aliphatic heterocycles. The van der Waals surface area contributed by atoms with Crippen molar-refractivity contribution in [1.82, 2.24) is 24.8 Å². The number of carbonyl (C=O) groups excluding carboxylic acids is 1. The molecule has 1 fully saturated rings. The Hall–Kier alpha value is -4.34. The number of anilines is 4. The Balaban J connectivity index is 1.30. The molecule has 0 aliphatic carbocycles. The predicted octanol–water partition coefficient (Wildman–Crippen LogP) is 5.00. The van der Waals surface area contributed by atoms with Crippen molar-refractivity contribution < 1.29 is 4.79 Å². The van der Waals surface area contributed by atoms with Crippen LogP contribution in [0, 0.1) is 0 Å². The molecule has 0 unspecified atom stereocenters. The van der Waals surface area contributed by atoms with Gasteiger partial charge in [-0.05, 0) is 83.5 Å². The number of pyridine rings is 1. The quantitative estimate of drug-likeness (QED) is 0.257. The number of rotatable bonds is 9. The van der Waals surface area contributed by atoms with Gasteiger partial charge in [-0.25, -0.2) is 9.97 Å². The maximum atomic E-state index is 12.3. The van der Waals surface area contributed by atoms with Crippen molar-refractivity contribution in [3.8, 4) is 11.3 Å². The van der Waals surface area contributed by atoms with Gasteiger partial charge in [-0.2, -0.15) is 0 Å². The van der Waals surface area contributed by atoms with Crippen LogP contribution in [-0.2, 0) is 4.79 Å². The fourth-order valence-electron chi connectivity index (χ4n) is 4.70. The summed E-state index contributed by atoms with van der Waals surface area (Å²) in [5.74, 6) is 0.324. The number of nitrogens with one attached hydrogen (secondary N) is 3. The van der Waals surface area contributed by atoms with Crippen molar-refractivity contribution in [2.24, 2.45) is 0 Å². The monoisotopic (exact) mass is 536 g/mol. The first-order valence-electron chi connectivity index (χ1n) is 13.6. The molecule has 2 aromatic heterocycles. The smallest absolute Gasteiger partial charge is 0.248 e.